The molecule has 0 radical (unpaired) electrons. The maximum absolute atomic E-state index is 12.4. The molecule has 1 saturated heterocycles. The Labute approximate surface area is 182 Å². The number of carbonyl (C=O) groups excluding carboxylic acids is 1. The standard InChI is InChI=1S/C22H27N3O4.ClH/c1-15-3-2-4-16(13-26)22(15)24-17-7-9-25(10-8-17)12-21(27)23-18-5-6-19-20(11-18)29-14-28-19;/h2-6,11,17,24,26H,7-10,12-14H2,1H3,(H,23,27);1H. The van der Waals surface area contributed by atoms with E-state index in [4.69, 9.17) is 9.47 Å². The van der Waals surface area contributed by atoms with Crippen molar-refractivity contribution in [3.8, 4) is 11.5 Å². The summed E-state index contributed by atoms with van der Waals surface area (Å²) in [4.78, 5) is 14.6. The highest BCUT2D eigenvalue weighted by molar-refractivity contribution is 5.92. The van der Waals surface area contributed by atoms with Crippen molar-refractivity contribution in [2.45, 2.75) is 32.4 Å². The predicted molar refractivity (Wildman–Crippen MR) is 119 cm³/mol. The number of amides is 1. The van der Waals surface area contributed by atoms with Crippen LogP contribution < -0.4 is 20.1 Å². The van der Waals surface area contributed by atoms with E-state index in [9.17, 15) is 9.90 Å². The van der Waals surface area contributed by atoms with Crippen LogP contribution in [0.5, 0.6) is 11.5 Å². The van der Waals surface area contributed by atoms with Crippen molar-refractivity contribution in [1.29, 1.82) is 0 Å². The van der Waals surface area contributed by atoms with E-state index < -0.39 is 0 Å². The summed E-state index contributed by atoms with van der Waals surface area (Å²) >= 11 is 0. The van der Waals surface area contributed by atoms with E-state index in [1.807, 2.05) is 18.2 Å². The third-order valence-corrected chi connectivity index (χ3v) is 5.49. The lowest BCUT2D eigenvalue weighted by Crippen LogP contribution is -2.42. The number of aliphatic hydroxyl groups is 1. The number of likely N-dealkylation sites (tertiary alicyclic amines) is 1. The molecule has 30 heavy (non-hydrogen) atoms. The minimum absolute atomic E-state index is 0. The quantitative estimate of drug-likeness (QED) is 0.649. The van der Waals surface area contributed by atoms with Crippen LogP contribution in [-0.4, -0.2) is 48.4 Å². The van der Waals surface area contributed by atoms with Gasteiger partial charge >= 0.3 is 0 Å². The Morgan fingerprint density at radius 2 is 1.93 bits per heavy atom. The van der Waals surface area contributed by atoms with Gasteiger partial charge in [0.1, 0.15) is 0 Å². The number of piperidine rings is 1. The Bertz CT molecular complexity index is 885. The van der Waals surface area contributed by atoms with E-state index in [1.165, 1.54) is 0 Å². The molecular weight excluding hydrogens is 406 g/mol. The minimum Gasteiger partial charge on any atom is -0.454 e. The Hall–Kier alpha value is -2.48. The fraction of sp³-hybridized carbons (Fsp3) is 0.409. The Balaban J connectivity index is 0.00000256. The topological polar surface area (TPSA) is 83.1 Å². The van der Waals surface area contributed by atoms with Crippen LogP contribution in [0.25, 0.3) is 0 Å². The Kier molecular flexibility index (Phi) is 7.42. The lowest BCUT2D eigenvalue weighted by molar-refractivity contribution is -0.117. The number of rotatable bonds is 6. The summed E-state index contributed by atoms with van der Waals surface area (Å²) in [5.74, 6) is 1.33. The van der Waals surface area contributed by atoms with E-state index in [2.05, 4.69) is 28.5 Å². The SMILES string of the molecule is Cc1cccc(CO)c1NC1CCN(CC(=O)Nc2ccc3c(c2)OCO3)CC1.Cl. The molecule has 0 saturated carbocycles. The van der Waals surface area contributed by atoms with Crippen molar-refractivity contribution in [2.24, 2.45) is 0 Å². The summed E-state index contributed by atoms with van der Waals surface area (Å²) in [7, 11) is 0. The molecule has 8 heteroatoms. The monoisotopic (exact) mass is 433 g/mol. The minimum atomic E-state index is -0.0308. The number of nitrogens with zero attached hydrogens (tertiary/aromatic N) is 1. The second-order valence-electron chi connectivity index (χ2n) is 7.58. The molecule has 0 aromatic heterocycles. The number of carbonyl (C=O) groups is 1. The van der Waals surface area contributed by atoms with E-state index >= 15 is 0 Å². The highest BCUT2D eigenvalue weighted by Crippen LogP contribution is 2.34. The fourth-order valence-corrected chi connectivity index (χ4v) is 3.88. The molecule has 2 aromatic rings. The molecule has 1 amide bonds. The van der Waals surface area contributed by atoms with Gasteiger partial charge < -0.3 is 25.2 Å². The third-order valence-electron chi connectivity index (χ3n) is 5.49. The molecule has 4 rings (SSSR count). The van der Waals surface area contributed by atoms with Gasteiger partial charge in [0.15, 0.2) is 11.5 Å². The van der Waals surface area contributed by atoms with Gasteiger partial charge in [-0.05, 0) is 37.5 Å². The Morgan fingerprint density at radius 3 is 2.70 bits per heavy atom. The number of nitrogens with one attached hydrogen (secondary N) is 2. The van der Waals surface area contributed by atoms with Crippen molar-refractivity contribution in [1.82, 2.24) is 4.90 Å². The summed E-state index contributed by atoms with van der Waals surface area (Å²) in [5, 5.41) is 16.1. The summed E-state index contributed by atoms with van der Waals surface area (Å²) < 4.78 is 10.6. The number of para-hydroxylation sites is 1. The van der Waals surface area contributed by atoms with Gasteiger partial charge in [-0.3, -0.25) is 9.69 Å². The molecule has 0 atom stereocenters. The lowest BCUT2D eigenvalue weighted by Gasteiger charge is -2.33. The molecule has 3 N–H and O–H groups in total. The zero-order valence-electron chi connectivity index (χ0n) is 17.0. The summed E-state index contributed by atoms with van der Waals surface area (Å²) in [6.45, 7) is 4.38. The summed E-state index contributed by atoms with van der Waals surface area (Å²) in [5.41, 5.74) is 3.82. The molecule has 7 nitrogen and oxygen atoms in total. The second-order valence-corrected chi connectivity index (χ2v) is 7.58. The number of halogens is 1. The highest BCUT2D eigenvalue weighted by Gasteiger charge is 2.22. The van der Waals surface area contributed by atoms with Gasteiger partial charge in [-0.25, -0.2) is 0 Å². The third kappa shape index (κ3) is 5.16. The molecule has 1 fully saturated rings. The molecule has 2 aliphatic rings. The second kappa shape index (κ2) is 10.0. The largest absolute Gasteiger partial charge is 0.454 e. The van der Waals surface area contributed by atoms with Crippen molar-refractivity contribution in [3.63, 3.8) is 0 Å². The summed E-state index contributed by atoms with van der Waals surface area (Å²) in [6, 6.07) is 11.7. The molecule has 2 aromatic carbocycles. The summed E-state index contributed by atoms with van der Waals surface area (Å²) in [6.07, 6.45) is 1.91. The van der Waals surface area contributed by atoms with Crippen LogP contribution in [0.1, 0.15) is 24.0 Å². The van der Waals surface area contributed by atoms with Gasteiger partial charge in [-0.1, -0.05) is 18.2 Å². The zero-order valence-corrected chi connectivity index (χ0v) is 17.8. The molecule has 0 bridgehead atoms. The van der Waals surface area contributed by atoms with Crippen LogP contribution in [0, 0.1) is 6.92 Å². The highest BCUT2D eigenvalue weighted by atomic mass is 35.5. The van der Waals surface area contributed by atoms with Gasteiger partial charge in [0.05, 0.1) is 13.2 Å². The Morgan fingerprint density at radius 1 is 1.17 bits per heavy atom. The van der Waals surface area contributed by atoms with Gasteiger partial charge in [-0.2, -0.15) is 0 Å². The van der Waals surface area contributed by atoms with Crippen molar-refractivity contribution < 1.29 is 19.4 Å². The zero-order chi connectivity index (χ0) is 20.2. The van der Waals surface area contributed by atoms with Gasteiger partial charge in [0, 0.05) is 42.1 Å². The number of aryl methyl sites for hydroxylation is 1. The fourth-order valence-electron chi connectivity index (χ4n) is 3.88. The maximum atomic E-state index is 12.4. The number of hydrogen-bond donors (Lipinski definition) is 3. The van der Waals surface area contributed by atoms with E-state index in [0.29, 0.717) is 29.8 Å². The molecular formula is C22H28ClN3O4. The van der Waals surface area contributed by atoms with Gasteiger partial charge in [0.2, 0.25) is 12.7 Å². The first-order valence-electron chi connectivity index (χ1n) is 10.00. The first-order valence-corrected chi connectivity index (χ1v) is 10.00. The maximum Gasteiger partial charge on any atom is 0.238 e. The van der Waals surface area contributed by atoms with Crippen LogP contribution in [0.2, 0.25) is 0 Å². The van der Waals surface area contributed by atoms with Crippen molar-refractivity contribution >= 4 is 29.7 Å². The molecule has 162 valence electrons. The van der Waals surface area contributed by atoms with Crippen LogP contribution in [-0.2, 0) is 11.4 Å². The average molecular weight is 434 g/mol. The predicted octanol–water partition coefficient (Wildman–Crippen LogP) is 3.15. The average Bonchev–Trinajstić information content (AvgIpc) is 3.18. The number of anilines is 2. The van der Waals surface area contributed by atoms with Gasteiger partial charge in [-0.15, -0.1) is 12.4 Å². The number of hydrogen-bond acceptors (Lipinski definition) is 6. The first kappa shape index (κ1) is 22.2. The normalized spacial score (nSPS) is 16.1. The van der Waals surface area contributed by atoms with E-state index in [-0.39, 0.29) is 31.7 Å². The molecule has 0 aliphatic carbocycles. The molecule has 0 spiro atoms. The van der Waals surface area contributed by atoms with E-state index in [1.54, 1.807) is 12.1 Å². The number of aliphatic hydroxyl groups excluding tert-OH is 1. The molecule has 2 aliphatic heterocycles. The first-order chi connectivity index (χ1) is 14.1. The number of benzene rings is 2. The lowest BCUT2D eigenvalue weighted by atomic mass is 10.0. The van der Waals surface area contributed by atoms with Crippen LogP contribution in [0.4, 0.5) is 11.4 Å². The van der Waals surface area contributed by atoms with Crippen molar-refractivity contribution in [2.75, 3.05) is 37.1 Å². The number of ether oxygens (including phenoxy) is 2. The molecule has 0 unspecified atom stereocenters. The molecule has 2 heterocycles. The number of fused-ring (bicyclic) bond motifs is 1. The smallest absolute Gasteiger partial charge is 0.238 e. The van der Waals surface area contributed by atoms with Gasteiger partial charge in [0.25, 0.3) is 0 Å². The van der Waals surface area contributed by atoms with Crippen LogP contribution in [0.15, 0.2) is 36.4 Å². The van der Waals surface area contributed by atoms with Crippen LogP contribution in [0.3, 0.4) is 0 Å². The van der Waals surface area contributed by atoms with Crippen LogP contribution >= 0.6 is 12.4 Å². The van der Waals surface area contributed by atoms with E-state index in [0.717, 1.165) is 42.7 Å². The van der Waals surface area contributed by atoms with Crippen molar-refractivity contribution in [3.05, 3.63) is 47.5 Å².